The van der Waals surface area contributed by atoms with Crippen molar-refractivity contribution in [1.82, 2.24) is 4.90 Å². The van der Waals surface area contributed by atoms with Gasteiger partial charge < -0.3 is 14.6 Å². The van der Waals surface area contributed by atoms with Crippen molar-refractivity contribution in [1.29, 1.82) is 0 Å². The van der Waals surface area contributed by atoms with Gasteiger partial charge in [-0.15, -0.1) is 0 Å². The van der Waals surface area contributed by atoms with Crippen molar-refractivity contribution in [2.24, 2.45) is 11.8 Å². The molecule has 6 nitrogen and oxygen atoms in total. The van der Waals surface area contributed by atoms with E-state index in [-0.39, 0.29) is 30.7 Å². The van der Waals surface area contributed by atoms with Crippen molar-refractivity contribution in [3.05, 3.63) is 59.7 Å². The number of nitrogens with zero attached hydrogens (tertiary/aromatic N) is 1. The van der Waals surface area contributed by atoms with Gasteiger partial charge in [0.15, 0.2) is 0 Å². The Hall–Kier alpha value is -2.86. The summed E-state index contributed by atoms with van der Waals surface area (Å²) in [5.41, 5.74) is 4.73. The van der Waals surface area contributed by atoms with Crippen molar-refractivity contribution in [2.75, 3.05) is 13.7 Å². The van der Waals surface area contributed by atoms with E-state index in [0.717, 1.165) is 12.8 Å². The topological polar surface area (TPSA) is 76.1 Å². The quantitative estimate of drug-likeness (QED) is 0.759. The summed E-state index contributed by atoms with van der Waals surface area (Å²) in [6.07, 6.45) is 0.811. The van der Waals surface area contributed by atoms with E-state index >= 15 is 0 Å². The van der Waals surface area contributed by atoms with Gasteiger partial charge in [-0.1, -0.05) is 48.5 Å². The van der Waals surface area contributed by atoms with Crippen molar-refractivity contribution in [2.45, 2.75) is 43.9 Å². The molecular formula is C25H27NO5. The van der Waals surface area contributed by atoms with Gasteiger partial charge in [0.25, 0.3) is 0 Å². The number of carboxylic acids is 1. The molecule has 3 aliphatic rings. The Labute approximate surface area is 181 Å². The fourth-order valence-corrected chi connectivity index (χ4v) is 5.56. The highest BCUT2D eigenvalue weighted by atomic mass is 16.6. The molecule has 0 radical (unpaired) electrons. The van der Waals surface area contributed by atoms with Crippen LogP contribution in [0.25, 0.3) is 11.1 Å². The molecule has 3 unspecified atom stereocenters. The number of likely N-dealkylation sites (tertiary alicyclic amines) is 1. The smallest absolute Gasteiger partial charge is 0.410 e. The lowest BCUT2D eigenvalue weighted by atomic mass is 9.94. The molecule has 5 atom stereocenters. The SMILES string of the molecule is COC(C(C)C(=O)O)C1C[C@@H]2C[C@@H]2N1C(=O)OCC1c2ccccc2-c2ccccc21. The van der Waals surface area contributed by atoms with Crippen LogP contribution in [0.15, 0.2) is 48.5 Å². The Bertz CT molecular complexity index is 975. The van der Waals surface area contributed by atoms with E-state index in [1.54, 1.807) is 11.8 Å². The Morgan fingerprint density at radius 1 is 1.06 bits per heavy atom. The second-order valence-electron chi connectivity index (χ2n) is 8.90. The first-order valence-electron chi connectivity index (χ1n) is 10.9. The van der Waals surface area contributed by atoms with E-state index < -0.39 is 18.0 Å². The number of carbonyl (C=O) groups is 2. The number of carbonyl (C=O) groups excluding carboxylic acids is 1. The molecule has 6 heteroatoms. The lowest BCUT2D eigenvalue weighted by Gasteiger charge is -2.34. The van der Waals surface area contributed by atoms with Gasteiger partial charge in [0.2, 0.25) is 0 Å². The van der Waals surface area contributed by atoms with Crippen LogP contribution in [-0.2, 0) is 14.3 Å². The molecule has 2 fully saturated rings. The minimum atomic E-state index is -0.917. The largest absolute Gasteiger partial charge is 0.481 e. The predicted molar refractivity (Wildman–Crippen MR) is 115 cm³/mol. The summed E-state index contributed by atoms with van der Waals surface area (Å²) in [5.74, 6) is -1.19. The van der Waals surface area contributed by atoms with Gasteiger partial charge in [-0.25, -0.2) is 4.79 Å². The van der Waals surface area contributed by atoms with Gasteiger partial charge in [-0.3, -0.25) is 9.69 Å². The highest BCUT2D eigenvalue weighted by molar-refractivity contribution is 5.79. The highest BCUT2D eigenvalue weighted by Gasteiger charge is 2.57. The highest BCUT2D eigenvalue weighted by Crippen LogP contribution is 2.50. The molecule has 2 aliphatic carbocycles. The van der Waals surface area contributed by atoms with Crippen LogP contribution < -0.4 is 0 Å². The zero-order valence-electron chi connectivity index (χ0n) is 17.7. The Kier molecular flexibility index (Phi) is 4.97. The summed E-state index contributed by atoms with van der Waals surface area (Å²) in [4.78, 5) is 26.5. The Morgan fingerprint density at radius 2 is 1.68 bits per heavy atom. The predicted octanol–water partition coefficient (Wildman–Crippen LogP) is 4.13. The minimum Gasteiger partial charge on any atom is -0.481 e. The monoisotopic (exact) mass is 421 g/mol. The average molecular weight is 421 g/mol. The lowest BCUT2D eigenvalue weighted by Crippen LogP contribution is -2.49. The number of benzene rings is 2. The summed E-state index contributed by atoms with van der Waals surface area (Å²) >= 11 is 0. The third-order valence-corrected chi connectivity index (χ3v) is 7.22. The second-order valence-corrected chi connectivity index (χ2v) is 8.90. The summed E-state index contributed by atoms with van der Waals surface area (Å²) in [7, 11) is 1.52. The van der Waals surface area contributed by atoms with Crippen LogP contribution in [0.2, 0.25) is 0 Å². The minimum absolute atomic E-state index is 0.00330. The van der Waals surface area contributed by atoms with Gasteiger partial charge in [-0.05, 0) is 47.9 Å². The van der Waals surface area contributed by atoms with Gasteiger partial charge in [0.1, 0.15) is 6.61 Å². The Morgan fingerprint density at radius 3 is 2.26 bits per heavy atom. The van der Waals surface area contributed by atoms with Gasteiger partial charge in [0, 0.05) is 19.1 Å². The summed E-state index contributed by atoms with van der Waals surface area (Å²) in [6, 6.07) is 16.4. The van der Waals surface area contributed by atoms with Gasteiger partial charge in [0.05, 0.1) is 18.1 Å². The molecule has 1 saturated carbocycles. The first kappa shape index (κ1) is 20.1. The molecule has 0 bridgehead atoms. The normalized spacial score (nSPS) is 25.4. The zero-order valence-corrected chi connectivity index (χ0v) is 17.7. The van der Waals surface area contributed by atoms with Crippen molar-refractivity contribution >= 4 is 12.1 Å². The van der Waals surface area contributed by atoms with Crippen LogP contribution in [0.1, 0.15) is 36.8 Å². The van der Waals surface area contributed by atoms with E-state index in [4.69, 9.17) is 9.47 Å². The molecule has 1 amide bonds. The number of piperidine rings is 1. The number of hydrogen-bond acceptors (Lipinski definition) is 4. The van der Waals surface area contributed by atoms with Crippen LogP contribution in [0.5, 0.6) is 0 Å². The van der Waals surface area contributed by atoms with Gasteiger partial charge >= 0.3 is 12.1 Å². The molecule has 1 N–H and O–H groups in total. The number of amides is 1. The van der Waals surface area contributed by atoms with Crippen LogP contribution in [0.3, 0.4) is 0 Å². The maximum Gasteiger partial charge on any atom is 0.410 e. The fourth-order valence-electron chi connectivity index (χ4n) is 5.56. The van der Waals surface area contributed by atoms with Crippen molar-refractivity contribution < 1.29 is 24.2 Å². The molecular weight excluding hydrogens is 394 g/mol. The lowest BCUT2D eigenvalue weighted by molar-refractivity contribution is -0.147. The van der Waals surface area contributed by atoms with Crippen LogP contribution in [-0.4, -0.2) is 54.0 Å². The molecule has 0 aromatic heterocycles. The van der Waals surface area contributed by atoms with Crippen LogP contribution in [0.4, 0.5) is 4.79 Å². The number of rotatable bonds is 6. The maximum atomic E-state index is 13.2. The van der Waals surface area contributed by atoms with Crippen LogP contribution in [0, 0.1) is 11.8 Å². The van der Waals surface area contributed by atoms with E-state index in [1.165, 1.54) is 29.4 Å². The standard InChI is InChI=1S/C25H27NO5/c1-14(24(27)28)23(30-2)22-12-15-11-21(15)26(22)25(29)31-13-20-18-9-5-3-7-16(18)17-8-4-6-10-19(17)20/h3-10,14-15,20-23H,11-13H2,1-2H3,(H,27,28)/t14?,15-,21-,22?,23?/m0/s1. The summed E-state index contributed by atoms with van der Waals surface area (Å²) in [5, 5.41) is 9.46. The molecule has 2 aromatic carbocycles. The zero-order chi connectivity index (χ0) is 21.7. The first-order valence-corrected chi connectivity index (χ1v) is 10.9. The third kappa shape index (κ3) is 3.30. The number of methoxy groups -OCH3 is 1. The molecule has 1 aliphatic heterocycles. The third-order valence-electron chi connectivity index (χ3n) is 7.22. The fraction of sp³-hybridized carbons (Fsp3) is 0.440. The summed E-state index contributed by atoms with van der Waals surface area (Å²) in [6.45, 7) is 1.90. The number of ether oxygens (including phenoxy) is 2. The molecule has 162 valence electrons. The second kappa shape index (κ2) is 7.68. The molecule has 1 heterocycles. The van der Waals surface area contributed by atoms with E-state index in [9.17, 15) is 14.7 Å². The van der Waals surface area contributed by atoms with E-state index in [2.05, 4.69) is 24.3 Å². The number of carboxylic acid groups (broad SMARTS) is 1. The average Bonchev–Trinajstić information content (AvgIpc) is 3.32. The molecule has 2 aromatic rings. The number of hydrogen-bond donors (Lipinski definition) is 1. The molecule has 5 rings (SSSR count). The molecule has 31 heavy (non-hydrogen) atoms. The molecule has 1 saturated heterocycles. The van der Waals surface area contributed by atoms with Crippen molar-refractivity contribution in [3.63, 3.8) is 0 Å². The number of aliphatic carboxylic acids is 1. The Balaban J connectivity index is 1.34. The van der Waals surface area contributed by atoms with Crippen LogP contribution >= 0.6 is 0 Å². The van der Waals surface area contributed by atoms with Gasteiger partial charge in [-0.2, -0.15) is 0 Å². The maximum absolute atomic E-state index is 13.2. The molecule has 0 spiro atoms. The van der Waals surface area contributed by atoms with Crippen molar-refractivity contribution in [3.8, 4) is 11.1 Å². The van der Waals surface area contributed by atoms with E-state index in [0.29, 0.717) is 5.92 Å². The number of fused-ring (bicyclic) bond motifs is 4. The van der Waals surface area contributed by atoms with E-state index in [1.807, 2.05) is 24.3 Å². The summed E-state index contributed by atoms with van der Waals surface area (Å²) < 4.78 is 11.4. The first-order chi connectivity index (χ1) is 15.0.